The van der Waals surface area contributed by atoms with Crippen LogP contribution in [0.25, 0.3) is 0 Å². The molecule has 0 aliphatic carbocycles. The molecule has 0 radical (unpaired) electrons. The van der Waals surface area contributed by atoms with E-state index in [0.717, 1.165) is 22.4 Å². The first-order valence-electron chi connectivity index (χ1n) is 6.83. The lowest BCUT2D eigenvalue weighted by Crippen LogP contribution is -2.35. The van der Waals surface area contributed by atoms with Gasteiger partial charge < -0.3 is 9.47 Å². The molecule has 1 heterocycles. The average molecular weight is 364 g/mol. The maximum atomic E-state index is 12.3. The predicted octanol–water partition coefficient (Wildman–Crippen LogP) is 3.07. The summed E-state index contributed by atoms with van der Waals surface area (Å²) in [5.74, 6) is 0.139. The molecule has 0 fully saturated rings. The van der Waals surface area contributed by atoms with E-state index in [1.165, 1.54) is 11.3 Å². The summed E-state index contributed by atoms with van der Waals surface area (Å²) in [5.41, 5.74) is 0. The fourth-order valence-electron chi connectivity index (χ4n) is 1.71. The Balaban J connectivity index is 2.49. The standard InChI is InChI=1S/C14H22BrNO3S/c1-3-18-8-6-16(7-9-19-4-2)11-13(17)14-12(15)5-10-20-14/h5,10H,3-4,6-9,11H2,1-2H3. The van der Waals surface area contributed by atoms with Gasteiger partial charge in [-0.1, -0.05) is 0 Å². The zero-order valence-corrected chi connectivity index (χ0v) is 14.5. The minimum Gasteiger partial charge on any atom is -0.380 e. The Morgan fingerprint density at radius 3 is 2.30 bits per heavy atom. The van der Waals surface area contributed by atoms with E-state index in [1.54, 1.807) is 0 Å². The van der Waals surface area contributed by atoms with Crippen molar-refractivity contribution in [1.82, 2.24) is 4.90 Å². The van der Waals surface area contributed by atoms with Crippen LogP contribution >= 0.6 is 27.3 Å². The summed E-state index contributed by atoms with van der Waals surface area (Å²) in [6.07, 6.45) is 0. The summed E-state index contributed by atoms with van der Waals surface area (Å²) in [7, 11) is 0. The molecule has 0 aromatic carbocycles. The molecule has 0 aliphatic heterocycles. The van der Waals surface area contributed by atoms with Crippen LogP contribution in [0.1, 0.15) is 23.5 Å². The number of ether oxygens (including phenoxy) is 2. The number of rotatable bonds is 11. The fourth-order valence-corrected chi connectivity index (χ4v) is 3.24. The Morgan fingerprint density at radius 1 is 1.25 bits per heavy atom. The second kappa shape index (κ2) is 10.5. The van der Waals surface area contributed by atoms with E-state index < -0.39 is 0 Å². The summed E-state index contributed by atoms with van der Waals surface area (Å²) in [6.45, 7) is 8.51. The molecule has 0 saturated carbocycles. The molecule has 0 N–H and O–H groups in total. The van der Waals surface area contributed by atoms with Gasteiger partial charge in [-0.25, -0.2) is 0 Å². The van der Waals surface area contributed by atoms with Crippen LogP contribution in [0.2, 0.25) is 0 Å². The van der Waals surface area contributed by atoms with Crippen molar-refractivity contribution in [3.63, 3.8) is 0 Å². The molecule has 4 nitrogen and oxygen atoms in total. The normalized spacial score (nSPS) is 11.2. The van der Waals surface area contributed by atoms with Crippen LogP contribution in [0.3, 0.4) is 0 Å². The number of carbonyl (C=O) groups is 1. The Hall–Kier alpha value is -0.270. The van der Waals surface area contributed by atoms with Crippen LogP contribution in [0.4, 0.5) is 0 Å². The highest BCUT2D eigenvalue weighted by molar-refractivity contribution is 9.10. The van der Waals surface area contributed by atoms with Gasteiger partial charge in [0.05, 0.1) is 24.6 Å². The molecule has 0 spiro atoms. The van der Waals surface area contributed by atoms with E-state index in [9.17, 15) is 4.79 Å². The molecule has 1 aromatic heterocycles. The Kier molecular flexibility index (Phi) is 9.30. The maximum Gasteiger partial charge on any atom is 0.187 e. The van der Waals surface area contributed by atoms with Crippen LogP contribution in [0.15, 0.2) is 15.9 Å². The number of halogens is 1. The van der Waals surface area contributed by atoms with Gasteiger partial charge >= 0.3 is 0 Å². The van der Waals surface area contributed by atoms with Crippen molar-refractivity contribution in [3.8, 4) is 0 Å². The van der Waals surface area contributed by atoms with Crippen molar-refractivity contribution < 1.29 is 14.3 Å². The molecule has 6 heteroatoms. The number of hydrogen-bond acceptors (Lipinski definition) is 5. The lowest BCUT2D eigenvalue weighted by molar-refractivity contribution is 0.0727. The van der Waals surface area contributed by atoms with Gasteiger partial charge in [-0.05, 0) is 41.2 Å². The first-order chi connectivity index (χ1) is 9.69. The van der Waals surface area contributed by atoms with Crippen LogP contribution in [-0.2, 0) is 9.47 Å². The lowest BCUT2D eigenvalue weighted by atomic mass is 10.3. The van der Waals surface area contributed by atoms with E-state index in [0.29, 0.717) is 33.0 Å². The lowest BCUT2D eigenvalue weighted by Gasteiger charge is -2.21. The van der Waals surface area contributed by atoms with Gasteiger partial charge in [0.1, 0.15) is 0 Å². The molecule has 0 amide bonds. The summed E-state index contributed by atoms with van der Waals surface area (Å²) in [5, 5.41) is 1.92. The minimum atomic E-state index is 0.139. The summed E-state index contributed by atoms with van der Waals surface area (Å²) < 4.78 is 11.6. The first-order valence-corrected chi connectivity index (χ1v) is 8.50. The van der Waals surface area contributed by atoms with Gasteiger partial charge in [0.2, 0.25) is 0 Å². The number of nitrogens with zero attached hydrogens (tertiary/aromatic N) is 1. The van der Waals surface area contributed by atoms with Crippen LogP contribution in [0.5, 0.6) is 0 Å². The van der Waals surface area contributed by atoms with Crippen LogP contribution < -0.4 is 0 Å². The number of thiophene rings is 1. The maximum absolute atomic E-state index is 12.3. The van der Waals surface area contributed by atoms with Crippen molar-refractivity contribution >= 4 is 33.0 Å². The van der Waals surface area contributed by atoms with Gasteiger partial charge in [0.15, 0.2) is 5.78 Å². The quantitative estimate of drug-likeness (QED) is 0.447. The highest BCUT2D eigenvalue weighted by Crippen LogP contribution is 2.23. The smallest absolute Gasteiger partial charge is 0.187 e. The second-order valence-electron chi connectivity index (χ2n) is 4.19. The van der Waals surface area contributed by atoms with E-state index >= 15 is 0 Å². The van der Waals surface area contributed by atoms with E-state index in [4.69, 9.17) is 9.47 Å². The zero-order chi connectivity index (χ0) is 14.8. The molecule has 1 rings (SSSR count). The van der Waals surface area contributed by atoms with Crippen LogP contribution in [-0.4, -0.2) is 56.7 Å². The molecule has 0 aliphatic rings. The largest absolute Gasteiger partial charge is 0.380 e. The minimum absolute atomic E-state index is 0.139. The second-order valence-corrected chi connectivity index (χ2v) is 5.96. The number of hydrogen-bond donors (Lipinski definition) is 0. The third kappa shape index (κ3) is 6.45. The molecule has 0 bridgehead atoms. The van der Waals surface area contributed by atoms with Gasteiger partial charge in [0.25, 0.3) is 0 Å². The van der Waals surface area contributed by atoms with Crippen LogP contribution in [0, 0.1) is 0 Å². The monoisotopic (exact) mass is 363 g/mol. The summed E-state index contributed by atoms with van der Waals surface area (Å²) in [6, 6.07) is 1.91. The molecular weight excluding hydrogens is 342 g/mol. The first kappa shape index (κ1) is 17.8. The van der Waals surface area contributed by atoms with E-state index in [2.05, 4.69) is 20.8 Å². The van der Waals surface area contributed by atoms with Crippen molar-refractivity contribution in [2.75, 3.05) is 46.1 Å². The molecule has 1 aromatic rings. The van der Waals surface area contributed by atoms with Gasteiger partial charge in [-0.15, -0.1) is 11.3 Å². The zero-order valence-electron chi connectivity index (χ0n) is 12.1. The number of carbonyl (C=O) groups excluding carboxylic acids is 1. The van der Waals surface area contributed by atoms with E-state index in [1.807, 2.05) is 25.3 Å². The highest BCUT2D eigenvalue weighted by Gasteiger charge is 2.16. The fraction of sp³-hybridized carbons (Fsp3) is 0.643. The summed E-state index contributed by atoms with van der Waals surface area (Å²) in [4.78, 5) is 15.1. The number of Topliss-reactive ketones (excluding diaryl/α,β-unsaturated/α-hetero) is 1. The van der Waals surface area contributed by atoms with E-state index in [-0.39, 0.29) is 5.78 Å². The van der Waals surface area contributed by atoms with Gasteiger partial charge in [-0.2, -0.15) is 0 Å². The van der Waals surface area contributed by atoms with Crippen molar-refractivity contribution in [3.05, 3.63) is 20.8 Å². The molecule has 114 valence electrons. The molecule has 0 unspecified atom stereocenters. The van der Waals surface area contributed by atoms with Gasteiger partial charge in [-0.3, -0.25) is 9.69 Å². The van der Waals surface area contributed by atoms with Crippen molar-refractivity contribution in [2.24, 2.45) is 0 Å². The Morgan fingerprint density at radius 2 is 1.85 bits per heavy atom. The predicted molar refractivity (Wildman–Crippen MR) is 85.8 cm³/mol. The Labute approximate surface area is 133 Å². The van der Waals surface area contributed by atoms with Crippen molar-refractivity contribution in [2.45, 2.75) is 13.8 Å². The highest BCUT2D eigenvalue weighted by atomic mass is 79.9. The summed E-state index contributed by atoms with van der Waals surface area (Å²) >= 11 is 4.88. The topological polar surface area (TPSA) is 38.8 Å². The molecule has 0 atom stereocenters. The average Bonchev–Trinajstić information content (AvgIpc) is 2.85. The van der Waals surface area contributed by atoms with Gasteiger partial charge in [0, 0.05) is 30.8 Å². The SMILES string of the molecule is CCOCCN(CCOCC)CC(=O)c1sccc1Br. The Bertz CT molecular complexity index is 388. The molecular formula is C14H22BrNO3S. The third-order valence-electron chi connectivity index (χ3n) is 2.75. The molecule has 0 saturated heterocycles. The third-order valence-corrected chi connectivity index (χ3v) is 4.63. The van der Waals surface area contributed by atoms with Crippen molar-refractivity contribution in [1.29, 1.82) is 0 Å². The molecule has 20 heavy (non-hydrogen) atoms. The number of ketones is 1.